The fourth-order valence-electron chi connectivity index (χ4n) is 2.20. The van der Waals surface area contributed by atoms with E-state index in [-0.39, 0.29) is 18.6 Å². The van der Waals surface area contributed by atoms with Crippen LogP contribution in [0.2, 0.25) is 0 Å². The summed E-state index contributed by atoms with van der Waals surface area (Å²) in [7, 11) is 0. The van der Waals surface area contributed by atoms with Gasteiger partial charge >= 0.3 is 5.97 Å². The van der Waals surface area contributed by atoms with Crippen molar-refractivity contribution in [2.75, 3.05) is 6.61 Å². The Morgan fingerprint density at radius 1 is 1.08 bits per heavy atom. The van der Waals surface area contributed by atoms with E-state index in [1.807, 2.05) is 39.0 Å². The fourth-order valence-corrected chi connectivity index (χ4v) is 2.47. The van der Waals surface area contributed by atoms with Crippen molar-refractivity contribution in [3.63, 3.8) is 0 Å². The first-order valence-electron chi connectivity index (χ1n) is 7.66. The molecular formula is C19H20BrNO3. The Bertz CT molecular complexity index is 741. The van der Waals surface area contributed by atoms with Crippen molar-refractivity contribution >= 4 is 27.8 Å². The van der Waals surface area contributed by atoms with Crippen molar-refractivity contribution in [3.05, 3.63) is 69.2 Å². The van der Waals surface area contributed by atoms with Crippen LogP contribution in [0.1, 0.15) is 40.0 Å². The van der Waals surface area contributed by atoms with Crippen LogP contribution < -0.4 is 5.32 Å². The lowest BCUT2D eigenvalue weighted by atomic mass is 10.0. The zero-order valence-corrected chi connectivity index (χ0v) is 15.5. The van der Waals surface area contributed by atoms with Gasteiger partial charge in [-0.25, -0.2) is 4.79 Å². The molecule has 0 aliphatic rings. The standard InChI is InChI=1S/C19H20BrNO3/c1-12-4-5-16(10-13(12)2)14(3)21-18(22)11-24-19(23)15-6-8-17(20)9-7-15/h4-10,14H,11H2,1-3H3,(H,21,22). The summed E-state index contributed by atoms with van der Waals surface area (Å²) < 4.78 is 5.92. The molecule has 0 aliphatic heterocycles. The third kappa shape index (κ3) is 4.93. The summed E-state index contributed by atoms with van der Waals surface area (Å²) in [5.74, 6) is -0.845. The molecule has 1 atom stereocenters. The molecule has 2 aromatic rings. The predicted molar refractivity (Wildman–Crippen MR) is 96.9 cm³/mol. The minimum atomic E-state index is -0.517. The van der Waals surface area contributed by atoms with Crippen molar-refractivity contribution < 1.29 is 14.3 Å². The number of rotatable bonds is 5. The molecule has 4 nitrogen and oxygen atoms in total. The highest BCUT2D eigenvalue weighted by atomic mass is 79.9. The first-order valence-corrected chi connectivity index (χ1v) is 8.45. The Hall–Kier alpha value is -2.14. The molecule has 0 saturated carbocycles. The van der Waals surface area contributed by atoms with Crippen LogP contribution in [0, 0.1) is 13.8 Å². The Labute approximate surface area is 150 Å². The largest absolute Gasteiger partial charge is 0.452 e. The van der Waals surface area contributed by atoms with E-state index < -0.39 is 5.97 Å². The van der Waals surface area contributed by atoms with Gasteiger partial charge in [0.15, 0.2) is 6.61 Å². The normalized spacial score (nSPS) is 11.7. The van der Waals surface area contributed by atoms with E-state index in [1.54, 1.807) is 24.3 Å². The number of nitrogens with one attached hydrogen (secondary N) is 1. The number of halogens is 1. The molecular weight excluding hydrogens is 370 g/mol. The number of esters is 1. The summed E-state index contributed by atoms with van der Waals surface area (Å²) in [6.07, 6.45) is 0. The Balaban J connectivity index is 1.87. The van der Waals surface area contributed by atoms with Gasteiger partial charge in [-0.2, -0.15) is 0 Å². The number of aryl methyl sites for hydroxylation is 2. The molecule has 24 heavy (non-hydrogen) atoms. The summed E-state index contributed by atoms with van der Waals surface area (Å²) >= 11 is 3.30. The van der Waals surface area contributed by atoms with Gasteiger partial charge < -0.3 is 10.1 Å². The van der Waals surface area contributed by atoms with Gasteiger partial charge in [-0.3, -0.25) is 4.79 Å². The van der Waals surface area contributed by atoms with Crippen LogP contribution in [0.15, 0.2) is 46.9 Å². The summed E-state index contributed by atoms with van der Waals surface area (Å²) in [5, 5.41) is 2.84. The lowest BCUT2D eigenvalue weighted by Crippen LogP contribution is -2.31. The molecule has 2 aromatic carbocycles. The van der Waals surface area contributed by atoms with Crippen LogP contribution in [0.25, 0.3) is 0 Å². The molecule has 0 radical (unpaired) electrons. The maximum absolute atomic E-state index is 12.0. The highest BCUT2D eigenvalue weighted by molar-refractivity contribution is 9.10. The van der Waals surface area contributed by atoms with Gasteiger partial charge in [-0.05, 0) is 61.7 Å². The molecule has 126 valence electrons. The predicted octanol–water partition coefficient (Wildman–Crippen LogP) is 4.10. The van der Waals surface area contributed by atoms with Crippen LogP contribution in [0.3, 0.4) is 0 Å². The van der Waals surface area contributed by atoms with E-state index in [2.05, 4.69) is 21.2 Å². The topological polar surface area (TPSA) is 55.4 Å². The van der Waals surface area contributed by atoms with E-state index in [1.165, 1.54) is 11.1 Å². The summed E-state index contributed by atoms with van der Waals surface area (Å²) in [6, 6.07) is 12.7. The second-order valence-corrected chi connectivity index (χ2v) is 6.63. The molecule has 5 heteroatoms. The Kier molecular flexibility index (Phi) is 6.15. The van der Waals surface area contributed by atoms with Crippen LogP contribution in [-0.2, 0) is 9.53 Å². The first kappa shape index (κ1) is 18.2. The molecule has 2 rings (SSSR count). The smallest absolute Gasteiger partial charge is 0.338 e. The maximum Gasteiger partial charge on any atom is 0.338 e. The van der Waals surface area contributed by atoms with Crippen LogP contribution in [0.5, 0.6) is 0 Å². The fraction of sp³-hybridized carbons (Fsp3) is 0.263. The number of hydrogen-bond acceptors (Lipinski definition) is 3. The van der Waals surface area contributed by atoms with Crippen molar-refractivity contribution in [1.82, 2.24) is 5.32 Å². The molecule has 0 fully saturated rings. The van der Waals surface area contributed by atoms with Crippen LogP contribution in [0.4, 0.5) is 0 Å². The number of carbonyl (C=O) groups excluding carboxylic acids is 2. The van der Waals surface area contributed by atoms with E-state index in [4.69, 9.17) is 4.74 Å². The summed E-state index contributed by atoms with van der Waals surface area (Å²) in [6.45, 7) is 5.68. The van der Waals surface area contributed by atoms with Gasteiger partial charge in [-0.15, -0.1) is 0 Å². The van der Waals surface area contributed by atoms with Gasteiger partial charge in [0.1, 0.15) is 0 Å². The molecule has 1 amide bonds. The molecule has 1 N–H and O–H groups in total. The summed E-state index contributed by atoms with van der Waals surface area (Å²) in [4.78, 5) is 23.9. The minimum Gasteiger partial charge on any atom is -0.452 e. The number of carbonyl (C=O) groups is 2. The minimum absolute atomic E-state index is 0.150. The molecule has 1 unspecified atom stereocenters. The lowest BCUT2D eigenvalue weighted by molar-refractivity contribution is -0.124. The number of amides is 1. The quantitative estimate of drug-likeness (QED) is 0.783. The van der Waals surface area contributed by atoms with Crippen LogP contribution in [-0.4, -0.2) is 18.5 Å². The SMILES string of the molecule is Cc1ccc(C(C)NC(=O)COC(=O)c2ccc(Br)cc2)cc1C. The molecule has 0 aromatic heterocycles. The van der Waals surface area contributed by atoms with Crippen molar-refractivity contribution in [1.29, 1.82) is 0 Å². The van der Waals surface area contributed by atoms with Gasteiger partial charge in [0, 0.05) is 4.47 Å². The Morgan fingerprint density at radius 3 is 2.38 bits per heavy atom. The molecule has 0 heterocycles. The molecule has 0 aliphatic carbocycles. The lowest BCUT2D eigenvalue weighted by Gasteiger charge is -2.15. The third-order valence-corrected chi connectivity index (χ3v) is 4.35. The van der Waals surface area contributed by atoms with Crippen molar-refractivity contribution in [2.45, 2.75) is 26.8 Å². The second kappa shape index (κ2) is 8.11. The average Bonchev–Trinajstić information content (AvgIpc) is 2.55. The molecule has 0 bridgehead atoms. The van der Waals surface area contributed by atoms with Gasteiger partial charge in [0.05, 0.1) is 11.6 Å². The molecule has 0 saturated heterocycles. The number of ether oxygens (including phenoxy) is 1. The zero-order valence-electron chi connectivity index (χ0n) is 13.9. The van der Waals surface area contributed by atoms with E-state index in [0.29, 0.717) is 5.56 Å². The van der Waals surface area contributed by atoms with Crippen molar-refractivity contribution in [3.8, 4) is 0 Å². The second-order valence-electron chi connectivity index (χ2n) is 5.72. The monoisotopic (exact) mass is 389 g/mol. The maximum atomic E-state index is 12.0. The van der Waals surface area contributed by atoms with Crippen LogP contribution >= 0.6 is 15.9 Å². The van der Waals surface area contributed by atoms with Gasteiger partial charge in [-0.1, -0.05) is 34.1 Å². The number of hydrogen-bond donors (Lipinski definition) is 1. The number of benzene rings is 2. The summed E-state index contributed by atoms with van der Waals surface area (Å²) in [5.41, 5.74) is 3.81. The van der Waals surface area contributed by atoms with Gasteiger partial charge in [0.25, 0.3) is 5.91 Å². The van der Waals surface area contributed by atoms with E-state index in [0.717, 1.165) is 10.0 Å². The van der Waals surface area contributed by atoms with E-state index in [9.17, 15) is 9.59 Å². The first-order chi connectivity index (χ1) is 11.4. The highest BCUT2D eigenvalue weighted by Gasteiger charge is 2.13. The average molecular weight is 390 g/mol. The molecule has 0 spiro atoms. The van der Waals surface area contributed by atoms with Gasteiger partial charge in [0.2, 0.25) is 0 Å². The van der Waals surface area contributed by atoms with Crippen molar-refractivity contribution in [2.24, 2.45) is 0 Å². The Morgan fingerprint density at radius 2 is 1.75 bits per heavy atom. The van der Waals surface area contributed by atoms with E-state index >= 15 is 0 Å². The highest BCUT2D eigenvalue weighted by Crippen LogP contribution is 2.16. The zero-order chi connectivity index (χ0) is 17.7. The third-order valence-electron chi connectivity index (χ3n) is 3.82.